The van der Waals surface area contributed by atoms with Crippen molar-refractivity contribution in [2.75, 3.05) is 26.0 Å². The van der Waals surface area contributed by atoms with E-state index in [0.29, 0.717) is 13.1 Å². The molecule has 0 radical (unpaired) electrons. The number of hydrogen-bond donors (Lipinski definition) is 0. The van der Waals surface area contributed by atoms with Crippen molar-refractivity contribution < 1.29 is 17.9 Å². The van der Waals surface area contributed by atoms with Gasteiger partial charge >= 0.3 is 5.97 Å². The number of thioether (sulfide) groups is 1. The Balaban J connectivity index is 1.80. The molecule has 3 rings (SSSR count). The molecule has 0 saturated carbocycles. The van der Waals surface area contributed by atoms with E-state index in [2.05, 4.69) is 12.1 Å². The lowest BCUT2D eigenvalue weighted by molar-refractivity contribution is 0.0602. The van der Waals surface area contributed by atoms with Gasteiger partial charge in [0, 0.05) is 24.1 Å². The second-order valence-corrected chi connectivity index (χ2v) is 9.70. The van der Waals surface area contributed by atoms with E-state index >= 15 is 0 Å². The highest BCUT2D eigenvalue weighted by molar-refractivity contribution is 7.99. The van der Waals surface area contributed by atoms with E-state index in [1.807, 2.05) is 18.2 Å². The number of benzene rings is 1. The zero-order valence-corrected chi connectivity index (χ0v) is 16.2. The molecule has 1 aliphatic rings. The SMILES string of the molecule is COC(=O)c1sccc1S(=O)(=O)N1CCSC(c2ccccc2)CC1. The van der Waals surface area contributed by atoms with Crippen molar-refractivity contribution in [3.63, 3.8) is 0 Å². The minimum Gasteiger partial charge on any atom is -0.465 e. The van der Waals surface area contributed by atoms with Gasteiger partial charge in [-0.3, -0.25) is 0 Å². The fourth-order valence-electron chi connectivity index (χ4n) is 2.81. The Morgan fingerprint density at radius 2 is 1.96 bits per heavy atom. The molecule has 1 fully saturated rings. The number of nitrogens with zero attached hydrogens (tertiary/aromatic N) is 1. The molecule has 1 saturated heterocycles. The van der Waals surface area contributed by atoms with Gasteiger partial charge in [0.15, 0.2) is 0 Å². The molecule has 1 atom stereocenters. The van der Waals surface area contributed by atoms with E-state index in [9.17, 15) is 13.2 Å². The second-order valence-electron chi connectivity index (χ2n) is 5.57. The minimum absolute atomic E-state index is 0.0486. The fraction of sp³-hybridized carbons (Fsp3) is 0.353. The van der Waals surface area contributed by atoms with Crippen LogP contribution in [0, 0.1) is 0 Å². The third-order valence-electron chi connectivity index (χ3n) is 4.09. The van der Waals surface area contributed by atoms with Gasteiger partial charge in [0.05, 0.1) is 7.11 Å². The molecule has 0 spiro atoms. The predicted molar refractivity (Wildman–Crippen MR) is 101 cm³/mol. The van der Waals surface area contributed by atoms with Crippen molar-refractivity contribution in [2.24, 2.45) is 0 Å². The maximum absolute atomic E-state index is 13.0. The summed E-state index contributed by atoms with van der Waals surface area (Å²) >= 11 is 2.86. The standard InChI is InChI=1S/C17H19NO4S3/c1-22-17(19)16-15(8-11-24-16)25(20,21)18-9-7-14(23-12-10-18)13-5-3-2-4-6-13/h2-6,8,11,14H,7,9-10,12H2,1H3. The van der Waals surface area contributed by atoms with Crippen LogP contribution in [0.25, 0.3) is 0 Å². The van der Waals surface area contributed by atoms with Gasteiger partial charge in [-0.05, 0) is 23.4 Å². The van der Waals surface area contributed by atoms with Crippen LogP contribution in [0.2, 0.25) is 0 Å². The Labute approximate surface area is 156 Å². The summed E-state index contributed by atoms with van der Waals surface area (Å²) < 4.78 is 32.2. The van der Waals surface area contributed by atoms with Gasteiger partial charge in [0.1, 0.15) is 9.77 Å². The molecule has 134 valence electrons. The van der Waals surface area contributed by atoms with Crippen LogP contribution in [-0.2, 0) is 14.8 Å². The van der Waals surface area contributed by atoms with Crippen molar-refractivity contribution in [2.45, 2.75) is 16.6 Å². The van der Waals surface area contributed by atoms with E-state index in [1.165, 1.54) is 23.0 Å². The molecular formula is C17H19NO4S3. The number of thiophene rings is 1. The molecule has 1 aromatic carbocycles. The first-order valence-electron chi connectivity index (χ1n) is 7.86. The Hall–Kier alpha value is -1.35. The second kappa shape index (κ2) is 7.90. The molecule has 5 nitrogen and oxygen atoms in total. The molecule has 25 heavy (non-hydrogen) atoms. The number of carbonyl (C=O) groups is 1. The van der Waals surface area contributed by atoms with Gasteiger partial charge in [-0.15, -0.1) is 11.3 Å². The Morgan fingerprint density at radius 1 is 1.20 bits per heavy atom. The summed E-state index contributed by atoms with van der Waals surface area (Å²) in [5, 5.41) is 1.89. The van der Waals surface area contributed by atoms with Crippen molar-refractivity contribution in [3.05, 3.63) is 52.2 Å². The summed E-state index contributed by atoms with van der Waals surface area (Å²) in [6.45, 7) is 0.873. The molecule has 0 aliphatic carbocycles. The van der Waals surface area contributed by atoms with Gasteiger partial charge in [-0.25, -0.2) is 13.2 Å². The van der Waals surface area contributed by atoms with Gasteiger partial charge in [0.25, 0.3) is 0 Å². The topological polar surface area (TPSA) is 63.7 Å². The van der Waals surface area contributed by atoms with Gasteiger partial charge in [-0.1, -0.05) is 30.3 Å². The summed E-state index contributed by atoms with van der Waals surface area (Å²) in [6, 6.07) is 11.6. The first-order chi connectivity index (χ1) is 12.0. The third kappa shape index (κ3) is 3.92. The van der Waals surface area contributed by atoms with Crippen molar-refractivity contribution in [3.8, 4) is 0 Å². The maximum atomic E-state index is 13.0. The summed E-state index contributed by atoms with van der Waals surface area (Å²) in [5.74, 6) is 0.108. The normalized spacial score (nSPS) is 19.3. The number of esters is 1. The monoisotopic (exact) mass is 397 g/mol. The van der Waals surface area contributed by atoms with Crippen LogP contribution >= 0.6 is 23.1 Å². The average molecular weight is 398 g/mol. The lowest BCUT2D eigenvalue weighted by Gasteiger charge is -2.20. The van der Waals surface area contributed by atoms with Crippen LogP contribution in [0.15, 0.2) is 46.7 Å². The number of methoxy groups -OCH3 is 1. The van der Waals surface area contributed by atoms with Crippen LogP contribution in [0.5, 0.6) is 0 Å². The number of sulfonamides is 1. The molecule has 0 bridgehead atoms. The molecular weight excluding hydrogens is 378 g/mol. The molecule has 1 aromatic heterocycles. The number of rotatable bonds is 4. The molecule has 2 aromatic rings. The van der Waals surface area contributed by atoms with Gasteiger partial charge in [-0.2, -0.15) is 16.1 Å². The van der Waals surface area contributed by atoms with E-state index in [0.717, 1.165) is 23.5 Å². The molecule has 0 N–H and O–H groups in total. The van der Waals surface area contributed by atoms with Crippen LogP contribution in [-0.4, -0.2) is 44.6 Å². The Kier molecular flexibility index (Phi) is 5.83. The van der Waals surface area contributed by atoms with Crippen LogP contribution < -0.4 is 0 Å². The Bertz CT molecular complexity index is 833. The fourth-order valence-corrected chi connectivity index (χ4v) is 6.92. The van der Waals surface area contributed by atoms with Crippen molar-refractivity contribution in [1.29, 1.82) is 0 Å². The lowest BCUT2D eigenvalue weighted by atomic mass is 10.1. The minimum atomic E-state index is -3.70. The lowest BCUT2D eigenvalue weighted by Crippen LogP contribution is -2.33. The smallest absolute Gasteiger partial charge is 0.349 e. The highest BCUT2D eigenvalue weighted by atomic mass is 32.2. The molecule has 8 heteroatoms. The van der Waals surface area contributed by atoms with Crippen molar-refractivity contribution >= 4 is 39.1 Å². The third-order valence-corrected chi connectivity index (χ3v) is 8.38. The predicted octanol–water partition coefficient (Wildman–Crippen LogP) is 3.40. The molecule has 2 heterocycles. The average Bonchev–Trinajstić information content (AvgIpc) is 3.00. The van der Waals surface area contributed by atoms with Crippen LogP contribution in [0.3, 0.4) is 0 Å². The van der Waals surface area contributed by atoms with Gasteiger partial charge < -0.3 is 4.74 Å². The molecule has 1 unspecified atom stereocenters. The van der Waals surface area contributed by atoms with Gasteiger partial charge in [0.2, 0.25) is 10.0 Å². The number of ether oxygens (including phenoxy) is 1. The zero-order chi connectivity index (χ0) is 17.9. The van der Waals surface area contributed by atoms with Crippen LogP contribution in [0.1, 0.15) is 26.9 Å². The zero-order valence-electron chi connectivity index (χ0n) is 13.8. The van der Waals surface area contributed by atoms with E-state index in [4.69, 9.17) is 4.74 Å². The molecule has 0 amide bonds. The number of carbonyl (C=O) groups excluding carboxylic acids is 1. The van der Waals surface area contributed by atoms with E-state index in [1.54, 1.807) is 17.1 Å². The molecule has 1 aliphatic heterocycles. The van der Waals surface area contributed by atoms with Crippen LogP contribution in [0.4, 0.5) is 0 Å². The van der Waals surface area contributed by atoms with E-state index < -0.39 is 16.0 Å². The summed E-state index contributed by atoms with van der Waals surface area (Å²) in [7, 11) is -2.45. The van der Waals surface area contributed by atoms with Crippen molar-refractivity contribution in [1.82, 2.24) is 4.31 Å². The number of hydrogen-bond acceptors (Lipinski definition) is 6. The quantitative estimate of drug-likeness (QED) is 0.740. The summed E-state index contributed by atoms with van der Waals surface area (Å²) in [4.78, 5) is 12.0. The Morgan fingerprint density at radius 3 is 2.68 bits per heavy atom. The first kappa shape index (κ1) is 18.4. The highest BCUT2D eigenvalue weighted by Crippen LogP contribution is 2.36. The summed E-state index contributed by atoms with van der Waals surface area (Å²) in [5.41, 5.74) is 1.22. The highest BCUT2D eigenvalue weighted by Gasteiger charge is 2.32. The maximum Gasteiger partial charge on any atom is 0.349 e. The summed E-state index contributed by atoms with van der Waals surface area (Å²) in [6.07, 6.45) is 0.742. The first-order valence-corrected chi connectivity index (χ1v) is 11.2. The largest absolute Gasteiger partial charge is 0.465 e. The van der Waals surface area contributed by atoms with E-state index in [-0.39, 0.29) is 15.0 Å².